The van der Waals surface area contributed by atoms with Crippen molar-refractivity contribution in [3.05, 3.63) is 81.6 Å². The van der Waals surface area contributed by atoms with Gasteiger partial charge in [0.25, 0.3) is 0 Å². The van der Waals surface area contributed by atoms with Gasteiger partial charge in [-0.2, -0.15) is 0 Å². The number of carbonyl (C=O) groups is 2. The molecule has 1 aromatic heterocycles. The van der Waals surface area contributed by atoms with E-state index in [9.17, 15) is 9.59 Å². The molecule has 50 heavy (non-hydrogen) atoms. The quantitative estimate of drug-likeness (QED) is 0.184. The summed E-state index contributed by atoms with van der Waals surface area (Å²) >= 11 is 14.3. The van der Waals surface area contributed by atoms with Crippen molar-refractivity contribution in [1.29, 1.82) is 0 Å². The lowest BCUT2D eigenvalue weighted by molar-refractivity contribution is -0.142. The first-order chi connectivity index (χ1) is 24.2. The summed E-state index contributed by atoms with van der Waals surface area (Å²) in [5.41, 5.74) is 7.52. The van der Waals surface area contributed by atoms with Crippen LogP contribution in [0, 0.1) is 0 Å². The zero-order valence-corrected chi connectivity index (χ0v) is 29.8. The van der Waals surface area contributed by atoms with E-state index in [0.29, 0.717) is 46.8 Å². The fraction of sp³-hybridized carbons (Fsp3) is 0.368. The van der Waals surface area contributed by atoms with Gasteiger partial charge in [-0.05, 0) is 48.9 Å². The Kier molecular flexibility index (Phi) is 9.72. The molecular weight excluding hydrogens is 677 g/mol. The van der Waals surface area contributed by atoms with E-state index in [1.165, 1.54) is 0 Å². The van der Waals surface area contributed by atoms with Gasteiger partial charge < -0.3 is 24.8 Å². The molecule has 1 aliphatic carbocycles. The standard InChI is InChI=1S/C38H39Cl2N5O5/c1-4-50-34(47)18-41-24-14-22-13-23(15-32(48-2)29(22)16-24)25-7-5-8-26(35(25)39)27-9-6-10-28(36(27)40)30-17-42-31(37(43-30)49-3)19-45-20-38(21-45)12-11-33(46)44-38/h5-10,13,15,17,24,41H,4,11-12,14,16,18-21H2,1-3H3,(H,44,46)/t24-/m0/s1. The number of amides is 1. The molecule has 0 saturated carbocycles. The molecule has 3 aliphatic rings. The highest BCUT2D eigenvalue weighted by molar-refractivity contribution is 6.39. The van der Waals surface area contributed by atoms with Crippen LogP contribution >= 0.6 is 23.2 Å². The predicted molar refractivity (Wildman–Crippen MR) is 193 cm³/mol. The number of nitrogens with one attached hydrogen (secondary N) is 2. The normalized spacial score (nSPS) is 17.7. The molecular formula is C38H39Cl2N5O5. The molecule has 12 heteroatoms. The number of hydrogen-bond acceptors (Lipinski definition) is 9. The van der Waals surface area contributed by atoms with Gasteiger partial charge in [0.15, 0.2) is 0 Å². The minimum Gasteiger partial charge on any atom is -0.496 e. The van der Waals surface area contributed by atoms with E-state index < -0.39 is 0 Å². The number of nitrogens with zero attached hydrogens (tertiary/aromatic N) is 3. The van der Waals surface area contributed by atoms with E-state index in [1.807, 2.05) is 42.5 Å². The van der Waals surface area contributed by atoms with Crippen LogP contribution in [0.1, 0.15) is 36.6 Å². The predicted octanol–water partition coefficient (Wildman–Crippen LogP) is 5.89. The summed E-state index contributed by atoms with van der Waals surface area (Å²) in [6, 6.07) is 16.0. The fourth-order valence-corrected chi connectivity index (χ4v) is 8.13. The highest BCUT2D eigenvalue weighted by Gasteiger charge is 2.47. The highest BCUT2D eigenvalue weighted by atomic mass is 35.5. The minimum absolute atomic E-state index is 0.0988. The van der Waals surface area contributed by atoms with Crippen molar-refractivity contribution >= 4 is 35.1 Å². The van der Waals surface area contributed by atoms with Gasteiger partial charge in [0, 0.05) is 54.4 Å². The number of benzene rings is 3. The van der Waals surface area contributed by atoms with Gasteiger partial charge in [0.2, 0.25) is 11.8 Å². The maximum atomic E-state index is 11.9. The second-order valence-electron chi connectivity index (χ2n) is 13.1. The third-order valence-electron chi connectivity index (χ3n) is 9.82. The summed E-state index contributed by atoms with van der Waals surface area (Å²) in [7, 11) is 3.26. The van der Waals surface area contributed by atoms with Crippen molar-refractivity contribution in [3.63, 3.8) is 0 Å². The second kappa shape index (κ2) is 14.2. The molecule has 3 heterocycles. The molecule has 0 bridgehead atoms. The van der Waals surface area contributed by atoms with Crippen molar-refractivity contribution in [2.24, 2.45) is 0 Å². The van der Waals surface area contributed by atoms with Crippen LogP contribution in [0.5, 0.6) is 11.6 Å². The van der Waals surface area contributed by atoms with E-state index in [4.69, 9.17) is 47.4 Å². The summed E-state index contributed by atoms with van der Waals surface area (Å²) in [6.45, 7) is 4.47. The number of ether oxygens (including phenoxy) is 3. The third-order valence-corrected chi connectivity index (χ3v) is 10.6. The number of likely N-dealkylation sites (tertiary alicyclic amines) is 1. The Morgan fingerprint density at radius 2 is 1.74 bits per heavy atom. The number of hydrogen-bond donors (Lipinski definition) is 2. The lowest BCUT2D eigenvalue weighted by atomic mass is 9.88. The van der Waals surface area contributed by atoms with E-state index in [-0.39, 0.29) is 30.0 Å². The van der Waals surface area contributed by atoms with Crippen molar-refractivity contribution < 1.29 is 23.8 Å². The smallest absolute Gasteiger partial charge is 0.319 e. The summed E-state index contributed by atoms with van der Waals surface area (Å²) in [5.74, 6) is 1.08. The Hall–Kier alpha value is -4.22. The van der Waals surface area contributed by atoms with Crippen LogP contribution in [0.15, 0.2) is 54.7 Å². The minimum atomic E-state index is -0.261. The third kappa shape index (κ3) is 6.65. The molecule has 1 spiro atoms. The molecule has 2 N–H and O–H groups in total. The first-order valence-electron chi connectivity index (χ1n) is 16.8. The van der Waals surface area contributed by atoms with Gasteiger partial charge in [-0.15, -0.1) is 0 Å². The van der Waals surface area contributed by atoms with Crippen LogP contribution < -0.4 is 20.1 Å². The lowest BCUT2D eigenvalue weighted by Gasteiger charge is -2.47. The van der Waals surface area contributed by atoms with Gasteiger partial charge in [-0.25, -0.2) is 4.98 Å². The molecule has 4 aromatic rings. The summed E-state index contributed by atoms with van der Waals surface area (Å²) in [5, 5.41) is 7.50. The number of aromatic nitrogens is 2. The Morgan fingerprint density at radius 1 is 1.02 bits per heavy atom. The molecule has 260 valence electrons. The van der Waals surface area contributed by atoms with E-state index in [2.05, 4.69) is 21.6 Å². The van der Waals surface area contributed by atoms with Gasteiger partial charge in [0.05, 0.1) is 54.8 Å². The molecule has 2 saturated heterocycles. The first-order valence-corrected chi connectivity index (χ1v) is 17.6. The molecule has 10 nitrogen and oxygen atoms in total. The van der Waals surface area contributed by atoms with Gasteiger partial charge >= 0.3 is 5.97 Å². The van der Waals surface area contributed by atoms with Crippen molar-refractivity contribution in [2.45, 2.75) is 50.7 Å². The SMILES string of the molecule is CCOC(=O)CN[C@H]1Cc2cc(-c3cccc(-c4cccc(-c5cnc(CN6CC7(CCC(=O)N7)C6)c(OC)n5)c4Cl)c3Cl)cc(OC)c2C1. The van der Waals surface area contributed by atoms with Crippen molar-refractivity contribution in [3.8, 4) is 45.1 Å². The van der Waals surface area contributed by atoms with E-state index in [0.717, 1.165) is 77.2 Å². The van der Waals surface area contributed by atoms with Crippen LogP contribution in [0.25, 0.3) is 33.5 Å². The summed E-state index contributed by atoms with van der Waals surface area (Å²) in [4.78, 5) is 35.4. The molecule has 1 atom stereocenters. The Morgan fingerprint density at radius 3 is 2.42 bits per heavy atom. The van der Waals surface area contributed by atoms with Crippen LogP contribution in [0.4, 0.5) is 0 Å². The topological polar surface area (TPSA) is 115 Å². The van der Waals surface area contributed by atoms with Crippen molar-refractivity contribution in [2.75, 3.05) is 40.5 Å². The monoisotopic (exact) mass is 715 g/mol. The Labute approximate surface area is 301 Å². The number of fused-ring (bicyclic) bond motifs is 1. The van der Waals surface area contributed by atoms with Crippen LogP contribution in [0.3, 0.4) is 0 Å². The zero-order chi connectivity index (χ0) is 35.0. The number of methoxy groups -OCH3 is 2. The molecule has 2 aliphatic heterocycles. The lowest BCUT2D eigenvalue weighted by Crippen LogP contribution is -2.66. The fourth-order valence-electron chi connectivity index (χ4n) is 7.47. The van der Waals surface area contributed by atoms with E-state index in [1.54, 1.807) is 27.3 Å². The molecule has 3 aromatic carbocycles. The van der Waals surface area contributed by atoms with Gasteiger partial charge in [0.1, 0.15) is 11.4 Å². The maximum Gasteiger partial charge on any atom is 0.319 e. The number of rotatable bonds is 11. The Bertz CT molecular complexity index is 1960. The van der Waals surface area contributed by atoms with Crippen LogP contribution in [-0.2, 0) is 33.7 Å². The first kappa shape index (κ1) is 34.2. The average molecular weight is 717 g/mol. The molecule has 7 rings (SSSR count). The second-order valence-corrected chi connectivity index (χ2v) is 13.9. The Balaban J connectivity index is 1.13. The van der Waals surface area contributed by atoms with Crippen LogP contribution in [0.2, 0.25) is 10.0 Å². The molecule has 2 fully saturated rings. The van der Waals surface area contributed by atoms with E-state index >= 15 is 0 Å². The number of carbonyl (C=O) groups excluding carboxylic acids is 2. The van der Waals surface area contributed by atoms with Crippen molar-refractivity contribution in [1.82, 2.24) is 25.5 Å². The zero-order valence-electron chi connectivity index (χ0n) is 28.3. The number of halogens is 2. The van der Waals surface area contributed by atoms with Crippen LogP contribution in [-0.4, -0.2) is 78.8 Å². The number of esters is 1. The largest absolute Gasteiger partial charge is 0.496 e. The van der Waals surface area contributed by atoms with Gasteiger partial charge in [-0.3, -0.25) is 19.5 Å². The average Bonchev–Trinajstić information content (AvgIpc) is 3.71. The maximum absolute atomic E-state index is 11.9. The molecule has 0 unspecified atom stereocenters. The molecule has 1 amide bonds. The summed E-state index contributed by atoms with van der Waals surface area (Å²) in [6.07, 6.45) is 4.68. The molecule has 0 radical (unpaired) electrons. The van der Waals surface area contributed by atoms with Gasteiger partial charge in [-0.1, -0.05) is 65.7 Å². The summed E-state index contributed by atoms with van der Waals surface area (Å²) < 4.78 is 16.6. The highest BCUT2D eigenvalue weighted by Crippen LogP contribution is 2.44.